The number of nitriles is 1. The van der Waals surface area contributed by atoms with E-state index in [1.54, 1.807) is 30.1 Å². The highest BCUT2D eigenvalue weighted by Crippen LogP contribution is 2.25. The highest BCUT2D eigenvalue weighted by Gasteiger charge is 2.25. The molecule has 0 saturated carbocycles. The summed E-state index contributed by atoms with van der Waals surface area (Å²) in [5.41, 5.74) is 0.583. The van der Waals surface area contributed by atoms with Gasteiger partial charge >= 0.3 is 0 Å². The van der Waals surface area contributed by atoms with Gasteiger partial charge in [0.25, 0.3) is 5.91 Å². The van der Waals surface area contributed by atoms with Crippen LogP contribution in [0.1, 0.15) is 12.8 Å². The Morgan fingerprint density at radius 3 is 2.71 bits per heavy atom. The van der Waals surface area contributed by atoms with E-state index in [1.165, 1.54) is 6.20 Å². The molecule has 1 saturated heterocycles. The second-order valence-electron chi connectivity index (χ2n) is 5.89. The number of anilines is 1. The van der Waals surface area contributed by atoms with Crippen molar-refractivity contribution in [2.24, 2.45) is 0 Å². The van der Waals surface area contributed by atoms with Crippen LogP contribution in [0.2, 0.25) is 10.0 Å². The van der Waals surface area contributed by atoms with E-state index in [1.807, 2.05) is 6.07 Å². The number of amides is 1. The summed E-state index contributed by atoms with van der Waals surface area (Å²) in [6, 6.07) is 7.07. The van der Waals surface area contributed by atoms with Crippen molar-refractivity contribution in [3.63, 3.8) is 0 Å². The lowest BCUT2D eigenvalue weighted by atomic mass is 10.0. The van der Waals surface area contributed by atoms with Crippen molar-refractivity contribution < 1.29 is 4.79 Å². The number of nitrogens with zero attached hydrogens (tertiary/aromatic N) is 3. The Balaban J connectivity index is 2.08. The lowest BCUT2D eigenvalue weighted by molar-refractivity contribution is -0.128. The topological polar surface area (TPSA) is 59.4 Å². The zero-order valence-corrected chi connectivity index (χ0v) is 15.2. The summed E-state index contributed by atoms with van der Waals surface area (Å²) in [6.45, 7) is 1.90. The third-order valence-corrected chi connectivity index (χ3v) is 4.77. The van der Waals surface area contributed by atoms with Crippen molar-refractivity contribution in [1.82, 2.24) is 9.80 Å². The molecule has 0 aromatic heterocycles. The van der Waals surface area contributed by atoms with E-state index in [2.05, 4.69) is 17.3 Å². The summed E-state index contributed by atoms with van der Waals surface area (Å²) in [7, 11) is 3.81. The first-order valence-electron chi connectivity index (χ1n) is 7.70. The SMILES string of the molecule is CN1CCC(N(C)C(=O)/C(C#N)=C\Nc2cc(Cl)ccc2Cl)CC1. The maximum absolute atomic E-state index is 12.6. The molecule has 1 aliphatic rings. The molecule has 24 heavy (non-hydrogen) atoms. The van der Waals surface area contributed by atoms with Crippen molar-refractivity contribution >= 4 is 34.8 Å². The molecular weight excluding hydrogens is 347 g/mol. The van der Waals surface area contributed by atoms with Crippen LogP contribution in [0.3, 0.4) is 0 Å². The number of carbonyl (C=O) groups excluding carboxylic acids is 1. The molecule has 0 unspecified atom stereocenters. The van der Waals surface area contributed by atoms with E-state index in [0.29, 0.717) is 15.7 Å². The molecule has 0 aliphatic carbocycles. The number of piperidine rings is 1. The predicted molar refractivity (Wildman–Crippen MR) is 97.1 cm³/mol. The number of rotatable bonds is 4. The van der Waals surface area contributed by atoms with E-state index < -0.39 is 0 Å². The second kappa shape index (κ2) is 8.39. The van der Waals surface area contributed by atoms with Gasteiger partial charge in [-0.25, -0.2) is 0 Å². The van der Waals surface area contributed by atoms with Crippen LogP contribution in [0.5, 0.6) is 0 Å². The van der Waals surface area contributed by atoms with Gasteiger partial charge < -0.3 is 15.1 Å². The van der Waals surface area contributed by atoms with Crippen molar-refractivity contribution in [2.75, 3.05) is 32.5 Å². The maximum atomic E-state index is 12.6. The minimum absolute atomic E-state index is 0.0347. The molecule has 7 heteroatoms. The molecule has 0 radical (unpaired) electrons. The van der Waals surface area contributed by atoms with Crippen LogP contribution >= 0.6 is 23.2 Å². The molecule has 1 N–H and O–H groups in total. The minimum Gasteiger partial charge on any atom is -0.359 e. The molecule has 2 rings (SSSR count). The van der Waals surface area contributed by atoms with Gasteiger partial charge in [0.2, 0.25) is 0 Å². The zero-order chi connectivity index (χ0) is 17.7. The molecule has 0 spiro atoms. The first-order chi connectivity index (χ1) is 11.4. The Morgan fingerprint density at radius 1 is 1.42 bits per heavy atom. The summed E-state index contributed by atoms with van der Waals surface area (Å²) in [5, 5.41) is 13.2. The maximum Gasteiger partial charge on any atom is 0.266 e. The van der Waals surface area contributed by atoms with Gasteiger partial charge in [-0.3, -0.25) is 4.79 Å². The van der Waals surface area contributed by atoms with Crippen molar-refractivity contribution in [3.05, 3.63) is 40.0 Å². The summed E-state index contributed by atoms with van der Waals surface area (Å²) in [4.78, 5) is 16.4. The van der Waals surface area contributed by atoms with Crippen LogP contribution in [-0.2, 0) is 4.79 Å². The van der Waals surface area contributed by atoms with Crippen molar-refractivity contribution in [2.45, 2.75) is 18.9 Å². The van der Waals surface area contributed by atoms with Gasteiger partial charge in [0, 0.05) is 24.3 Å². The first-order valence-corrected chi connectivity index (χ1v) is 8.45. The Morgan fingerprint density at radius 2 is 2.08 bits per heavy atom. The van der Waals surface area contributed by atoms with Crippen LogP contribution in [0, 0.1) is 11.3 Å². The Labute approximate surface area is 152 Å². The Bertz CT molecular complexity index is 676. The first kappa shape index (κ1) is 18.6. The van der Waals surface area contributed by atoms with Gasteiger partial charge in [0.15, 0.2) is 0 Å². The standard InChI is InChI=1S/C17H20Cl2N4O/c1-22-7-5-14(6-8-22)23(2)17(24)12(10-20)11-21-16-9-13(18)3-4-15(16)19/h3-4,9,11,14,21H,5-8H2,1-2H3/b12-11-. The molecule has 5 nitrogen and oxygen atoms in total. The number of halogens is 2. The minimum atomic E-state index is -0.294. The molecule has 1 amide bonds. The molecule has 0 bridgehead atoms. The molecule has 1 heterocycles. The Hall–Kier alpha value is -1.74. The average molecular weight is 367 g/mol. The highest BCUT2D eigenvalue weighted by molar-refractivity contribution is 6.35. The van der Waals surface area contributed by atoms with Gasteiger partial charge in [0.05, 0.1) is 10.7 Å². The molecule has 1 fully saturated rings. The summed E-state index contributed by atoms with van der Waals surface area (Å²) in [6.07, 6.45) is 3.20. The average Bonchev–Trinajstić information content (AvgIpc) is 2.58. The highest BCUT2D eigenvalue weighted by atomic mass is 35.5. The molecule has 1 aromatic carbocycles. The third-order valence-electron chi connectivity index (χ3n) is 4.21. The second-order valence-corrected chi connectivity index (χ2v) is 6.73. The van der Waals surface area contributed by atoms with Gasteiger partial charge in [-0.2, -0.15) is 5.26 Å². The number of benzene rings is 1. The van der Waals surface area contributed by atoms with Gasteiger partial charge in [0.1, 0.15) is 11.6 Å². The Kier molecular flexibility index (Phi) is 6.50. The molecule has 1 aliphatic heterocycles. The van der Waals surface area contributed by atoms with E-state index >= 15 is 0 Å². The summed E-state index contributed by atoms with van der Waals surface area (Å²) in [5.74, 6) is -0.294. The fourth-order valence-electron chi connectivity index (χ4n) is 2.64. The lowest BCUT2D eigenvalue weighted by Crippen LogP contribution is -2.44. The summed E-state index contributed by atoms with van der Waals surface area (Å²) < 4.78 is 0. The van der Waals surface area contributed by atoms with Crippen molar-refractivity contribution in [3.8, 4) is 6.07 Å². The molecule has 1 aromatic rings. The number of carbonyl (C=O) groups is 1. The zero-order valence-electron chi connectivity index (χ0n) is 13.7. The van der Waals surface area contributed by atoms with Crippen LogP contribution in [0.25, 0.3) is 0 Å². The molecular formula is C17H20Cl2N4O. The van der Waals surface area contributed by atoms with Gasteiger partial charge in [-0.05, 0) is 51.2 Å². The number of hydrogen-bond acceptors (Lipinski definition) is 4. The fourth-order valence-corrected chi connectivity index (χ4v) is 2.98. The van der Waals surface area contributed by atoms with Crippen LogP contribution < -0.4 is 5.32 Å². The van der Waals surface area contributed by atoms with E-state index in [9.17, 15) is 10.1 Å². The van der Waals surface area contributed by atoms with Gasteiger partial charge in [-0.15, -0.1) is 0 Å². The number of likely N-dealkylation sites (tertiary alicyclic amines) is 1. The van der Waals surface area contributed by atoms with E-state index in [-0.39, 0.29) is 17.5 Å². The number of hydrogen-bond donors (Lipinski definition) is 1. The fraction of sp³-hybridized carbons (Fsp3) is 0.412. The number of nitrogens with one attached hydrogen (secondary N) is 1. The molecule has 128 valence electrons. The van der Waals surface area contributed by atoms with E-state index in [0.717, 1.165) is 25.9 Å². The van der Waals surface area contributed by atoms with E-state index in [4.69, 9.17) is 23.2 Å². The quantitative estimate of drug-likeness (QED) is 0.655. The smallest absolute Gasteiger partial charge is 0.266 e. The van der Waals surface area contributed by atoms with Gasteiger partial charge in [-0.1, -0.05) is 23.2 Å². The largest absolute Gasteiger partial charge is 0.359 e. The molecule has 0 atom stereocenters. The number of likely N-dealkylation sites (N-methyl/N-ethyl adjacent to an activating group) is 1. The monoisotopic (exact) mass is 366 g/mol. The van der Waals surface area contributed by atoms with Crippen LogP contribution in [-0.4, -0.2) is 48.9 Å². The summed E-state index contributed by atoms with van der Waals surface area (Å²) >= 11 is 12.0. The third kappa shape index (κ3) is 4.64. The van der Waals surface area contributed by atoms with Crippen LogP contribution in [0.4, 0.5) is 5.69 Å². The predicted octanol–water partition coefficient (Wildman–Crippen LogP) is 3.37. The van der Waals surface area contributed by atoms with Crippen LogP contribution in [0.15, 0.2) is 30.0 Å². The lowest BCUT2D eigenvalue weighted by Gasteiger charge is -2.35. The normalized spacial score (nSPS) is 16.5. The van der Waals surface area contributed by atoms with Crippen molar-refractivity contribution in [1.29, 1.82) is 5.26 Å².